The van der Waals surface area contributed by atoms with Crippen molar-refractivity contribution < 1.29 is 18.3 Å². The molecule has 0 bridgehead atoms. The summed E-state index contributed by atoms with van der Waals surface area (Å²) in [6.45, 7) is 10.1. The molecule has 0 fully saturated rings. The number of esters is 1. The van der Waals surface area contributed by atoms with Crippen LogP contribution in [0, 0.1) is 11.8 Å². The smallest absolute Gasteiger partial charge is 0.319 e. The quantitative estimate of drug-likeness (QED) is 0.345. The van der Waals surface area contributed by atoms with Gasteiger partial charge in [-0.1, -0.05) is 34.6 Å². The van der Waals surface area contributed by atoms with E-state index in [2.05, 4.69) is 13.8 Å². The molecule has 0 heterocycles. The fourth-order valence-electron chi connectivity index (χ4n) is 1.89. The van der Waals surface area contributed by atoms with Gasteiger partial charge in [-0.15, -0.1) is 11.8 Å². The summed E-state index contributed by atoms with van der Waals surface area (Å²) in [5.74, 6) is -1.24. The molecule has 0 aliphatic heterocycles. The summed E-state index contributed by atoms with van der Waals surface area (Å²) in [7, 11) is 0. The molecule has 22 heavy (non-hydrogen) atoms. The van der Waals surface area contributed by atoms with Crippen molar-refractivity contribution in [2.24, 2.45) is 11.8 Å². The lowest BCUT2D eigenvalue weighted by atomic mass is 10.1. The maximum Gasteiger partial charge on any atom is 0.319 e. The molecule has 0 amide bonds. The first kappa shape index (κ1) is 21.7. The minimum absolute atomic E-state index is 0.0588. The molecule has 0 spiro atoms. The van der Waals surface area contributed by atoms with E-state index in [4.69, 9.17) is 4.74 Å². The van der Waals surface area contributed by atoms with E-state index in [1.165, 1.54) is 6.92 Å². The van der Waals surface area contributed by atoms with Crippen LogP contribution in [0.5, 0.6) is 0 Å². The van der Waals surface area contributed by atoms with Crippen molar-refractivity contribution in [3.63, 3.8) is 0 Å². The Kier molecular flexibility index (Phi) is 11.1. The second kappa shape index (κ2) is 11.3. The van der Waals surface area contributed by atoms with E-state index in [0.717, 1.165) is 12.2 Å². The van der Waals surface area contributed by atoms with Gasteiger partial charge in [-0.3, -0.25) is 4.79 Å². The fraction of sp³-hybridized carbons (Fsp3) is 0.941. The second-order valence-electron chi connectivity index (χ2n) is 6.68. The maximum atomic E-state index is 13.1. The van der Waals surface area contributed by atoms with Gasteiger partial charge in [-0.25, -0.2) is 8.78 Å². The normalized spacial score (nSPS) is 13.7. The topological polar surface area (TPSA) is 26.3 Å². The second-order valence-corrected chi connectivity index (χ2v) is 7.99. The van der Waals surface area contributed by atoms with E-state index in [0.29, 0.717) is 31.3 Å². The fourth-order valence-corrected chi connectivity index (χ4v) is 3.27. The predicted molar refractivity (Wildman–Crippen MR) is 90.6 cm³/mol. The van der Waals surface area contributed by atoms with E-state index in [-0.39, 0.29) is 24.1 Å². The van der Waals surface area contributed by atoms with E-state index in [1.54, 1.807) is 11.8 Å². The molecular weight excluding hydrogens is 306 g/mol. The van der Waals surface area contributed by atoms with Crippen molar-refractivity contribution in [3.8, 4) is 0 Å². The van der Waals surface area contributed by atoms with E-state index >= 15 is 0 Å². The molecule has 0 aromatic heterocycles. The monoisotopic (exact) mass is 338 g/mol. The van der Waals surface area contributed by atoms with Crippen molar-refractivity contribution >= 4 is 17.7 Å². The molecule has 132 valence electrons. The highest BCUT2D eigenvalue weighted by Crippen LogP contribution is 2.27. The summed E-state index contributed by atoms with van der Waals surface area (Å²) in [4.78, 5) is 12.1. The van der Waals surface area contributed by atoms with E-state index in [1.807, 2.05) is 13.8 Å². The van der Waals surface area contributed by atoms with Gasteiger partial charge >= 0.3 is 5.97 Å². The van der Waals surface area contributed by atoms with E-state index in [9.17, 15) is 13.6 Å². The molecule has 2 nitrogen and oxygen atoms in total. The molecule has 0 aliphatic carbocycles. The van der Waals surface area contributed by atoms with Crippen LogP contribution in [0.2, 0.25) is 0 Å². The first-order chi connectivity index (χ1) is 10.2. The van der Waals surface area contributed by atoms with Gasteiger partial charge in [-0.2, -0.15) is 0 Å². The molecule has 0 aromatic rings. The largest absolute Gasteiger partial charge is 0.465 e. The summed E-state index contributed by atoms with van der Waals surface area (Å²) < 4.78 is 31.6. The van der Waals surface area contributed by atoms with Crippen LogP contribution in [-0.2, 0) is 9.53 Å². The third-order valence-electron chi connectivity index (χ3n) is 3.28. The van der Waals surface area contributed by atoms with Crippen molar-refractivity contribution in [2.75, 3.05) is 12.4 Å². The third-order valence-corrected chi connectivity index (χ3v) is 4.59. The van der Waals surface area contributed by atoms with Gasteiger partial charge in [-0.05, 0) is 36.9 Å². The number of halogens is 2. The van der Waals surface area contributed by atoms with Gasteiger partial charge in [0, 0.05) is 12.8 Å². The van der Waals surface area contributed by atoms with Crippen LogP contribution < -0.4 is 0 Å². The highest BCUT2D eigenvalue weighted by atomic mass is 32.2. The number of carbonyl (C=O) groups excluding carboxylic acids is 1. The molecule has 5 heteroatoms. The average molecular weight is 339 g/mol. The van der Waals surface area contributed by atoms with Crippen LogP contribution in [0.25, 0.3) is 0 Å². The lowest BCUT2D eigenvalue weighted by Crippen LogP contribution is -2.24. The van der Waals surface area contributed by atoms with Crippen LogP contribution in [0.3, 0.4) is 0 Å². The SMILES string of the molecule is CCC(F)(F)CCCCSC(CC(C)C)C(=O)OCC(C)C. The zero-order chi connectivity index (χ0) is 17.2. The van der Waals surface area contributed by atoms with Crippen molar-refractivity contribution in [2.45, 2.75) is 77.9 Å². The molecule has 1 unspecified atom stereocenters. The maximum absolute atomic E-state index is 13.1. The summed E-state index contributed by atoms with van der Waals surface area (Å²) in [6.07, 6.45) is 1.83. The van der Waals surface area contributed by atoms with Gasteiger partial charge in [0.05, 0.1) is 6.61 Å². The Morgan fingerprint density at radius 1 is 1.14 bits per heavy atom. The Morgan fingerprint density at radius 3 is 2.27 bits per heavy atom. The molecule has 1 atom stereocenters. The zero-order valence-corrected chi connectivity index (χ0v) is 15.5. The van der Waals surface area contributed by atoms with E-state index < -0.39 is 5.92 Å². The number of unbranched alkanes of at least 4 members (excludes halogenated alkanes) is 1. The lowest BCUT2D eigenvalue weighted by Gasteiger charge is -2.19. The molecule has 0 rings (SSSR count). The summed E-state index contributed by atoms with van der Waals surface area (Å²) in [5, 5.41) is -0.176. The molecule has 0 aromatic carbocycles. The Hall–Kier alpha value is -0.320. The number of thioether (sulfide) groups is 1. The van der Waals surface area contributed by atoms with Gasteiger partial charge < -0.3 is 4.74 Å². The number of alkyl halides is 2. The third kappa shape index (κ3) is 11.3. The highest BCUT2D eigenvalue weighted by Gasteiger charge is 2.25. The number of ether oxygens (including phenoxy) is 1. The zero-order valence-electron chi connectivity index (χ0n) is 14.7. The molecule has 0 aliphatic rings. The van der Waals surface area contributed by atoms with Crippen molar-refractivity contribution in [3.05, 3.63) is 0 Å². The number of hydrogen-bond acceptors (Lipinski definition) is 3. The molecular formula is C17H32F2O2S. The van der Waals surface area contributed by atoms with Crippen LogP contribution in [0.15, 0.2) is 0 Å². The Labute approximate surface area is 138 Å². The Morgan fingerprint density at radius 2 is 1.77 bits per heavy atom. The first-order valence-electron chi connectivity index (χ1n) is 8.34. The minimum atomic E-state index is -2.54. The lowest BCUT2D eigenvalue weighted by molar-refractivity contribution is -0.144. The minimum Gasteiger partial charge on any atom is -0.465 e. The molecule has 0 saturated carbocycles. The highest BCUT2D eigenvalue weighted by molar-refractivity contribution is 8.00. The van der Waals surface area contributed by atoms with Crippen molar-refractivity contribution in [1.82, 2.24) is 0 Å². The van der Waals surface area contributed by atoms with Gasteiger partial charge in [0.1, 0.15) is 5.25 Å². The summed E-state index contributed by atoms with van der Waals surface area (Å²) in [5.41, 5.74) is 0. The van der Waals surface area contributed by atoms with Crippen LogP contribution >= 0.6 is 11.8 Å². The van der Waals surface area contributed by atoms with Gasteiger partial charge in [0.15, 0.2) is 0 Å². The predicted octanol–water partition coefficient (Wildman–Crippen LogP) is 5.55. The standard InChI is InChI=1S/C17H32F2O2S/c1-6-17(18,19)9-7-8-10-22-15(11-13(2)3)16(20)21-12-14(4)5/h13-15H,6-12H2,1-5H3. The Bertz CT molecular complexity index is 307. The number of hydrogen-bond donors (Lipinski definition) is 0. The number of rotatable bonds is 12. The van der Waals surface area contributed by atoms with Crippen molar-refractivity contribution in [1.29, 1.82) is 0 Å². The van der Waals surface area contributed by atoms with Crippen LogP contribution in [-0.4, -0.2) is 29.5 Å². The van der Waals surface area contributed by atoms with Crippen LogP contribution in [0.4, 0.5) is 8.78 Å². The van der Waals surface area contributed by atoms with Gasteiger partial charge in [0.25, 0.3) is 0 Å². The Balaban J connectivity index is 4.12. The first-order valence-corrected chi connectivity index (χ1v) is 9.39. The molecule has 0 N–H and O–H groups in total. The summed E-state index contributed by atoms with van der Waals surface area (Å²) >= 11 is 1.55. The molecule has 0 radical (unpaired) electrons. The summed E-state index contributed by atoms with van der Waals surface area (Å²) in [6, 6.07) is 0. The van der Waals surface area contributed by atoms with Gasteiger partial charge in [0.2, 0.25) is 5.92 Å². The van der Waals surface area contributed by atoms with Crippen LogP contribution in [0.1, 0.15) is 66.7 Å². The molecule has 0 saturated heterocycles. The number of carbonyl (C=O) groups is 1. The average Bonchev–Trinajstić information content (AvgIpc) is 2.42.